The molecule has 1 amide bonds. The minimum absolute atomic E-state index is 0.246. The second kappa shape index (κ2) is 8.53. The number of amides is 1. The highest BCUT2D eigenvalue weighted by Crippen LogP contribution is 2.07. The molecule has 1 saturated heterocycles. The first-order chi connectivity index (χ1) is 7.84. The van der Waals surface area contributed by atoms with E-state index in [4.69, 9.17) is 4.74 Å². The Hall–Kier alpha value is -0.610. The van der Waals surface area contributed by atoms with Gasteiger partial charge in [-0.05, 0) is 39.2 Å². The zero-order valence-corrected chi connectivity index (χ0v) is 10.3. The first-order valence-corrected chi connectivity index (χ1v) is 6.41. The van der Waals surface area contributed by atoms with E-state index in [-0.39, 0.29) is 5.91 Å². The lowest BCUT2D eigenvalue weighted by atomic mass is 10.1. The van der Waals surface area contributed by atoms with E-state index in [2.05, 4.69) is 5.32 Å². The molecule has 1 heterocycles. The van der Waals surface area contributed by atoms with Crippen LogP contribution >= 0.6 is 0 Å². The van der Waals surface area contributed by atoms with E-state index in [0.717, 1.165) is 52.1 Å². The van der Waals surface area contributed by atoms with Crippen molar-refractivity contribution in [3.63, 3.8) is 0 Å². The number of hydrogen-bond acceptors (Lipinski definition) is 3. The van der Waals surface area contributed by atoms with Gasteiger partial charge in [-0.2, -0.15) is 0 Å². The molecule has 4 heteroatoms. The first-order valence-electron chi connectivity index (χ1n) is 6.41. The molecule has 4 nitrogen and oxygen atoms in total. The van der Waals surface area contributed by atoms with Crippen LogP contribution in [0.5, 0.6) is 0 Å². The second-order valence-corrected chi connectivity index (χ2v) is 4.17. The van der Waals surface area contributed by atoms with Gasteiger partial charge in [0.1, 0.15) is 0 Å². The fraction of sp³-hybridized carbons (Fsp3) is 0.917. The largest absolute Gasteiger partial charge is 0.382 e. The Morgan fingerprint density at radius 3 is 2.75 bits per heavy atom. The fourth-order valence-electron chi connectivity index (χ4n) is 1.89. The number of carbonyl (C=O) groups excluding carboxylic acids is 1. The summed E-state index contributed by atoms with van der Waals surface area (Å²) in [6.07, 6.45) is 4.57. The van der Waals surface area contributed by atoms with E-state index >= 15 is 0 Å². The zero-order chi connectivity index (χ0) is 11.6. The van der Waals surface area contributed by atoms with Crippen LogP contribution in [0.1, 0.15) is 32.6 Å². The Morgan fingerprint density at radius 2 is 2.06 bits per heavy atom. The molecule has 0 spiro atoms. The zero-order valence-electron chi connectivity index (χ0n) is 10.3. The van der Waals surface area contributed by atoms with Gasteiger partial charge in [0, 0.05) is 26.3 Å². The molecule has 0 aromatic carbocycles. The Kier molecular flexibility index (Phi) is 7.17. The van der Waals surface area contributed by atoms with Crippen molar-refractivity contribution in [3.8, 4) is 0 Å². The summed E-state index contributed by atoms with van der Waals surface area (Å²) in [5, 5.41) is 3.17. The standard InChI is InChI=1S/C12H24N2O2/c1-2-16-10-6-7-13-11-12(15)14-8-4-3-5-9-14/h13H,2-11H2,1H3. The highest BCUT2D eigenvalue weighted by molar-refractivity contribution is 5.78. The summed E-state index contributed by atoms with van der Waals surface area (Å²) in [6, 6.07) is 0. The van der Waals surface area contributed by atoms with Crippen LogP contribution in [0, 0.1) is 0 Å². The van der Waals surface area contributed by atoms with Gasteiger partial charge in [-0.1, -0.05) is 0 Å². The van der Waals surface area contributed by atoms with Gasteiger partial charge < -0.3 is 15.0 Å². The van der Waals surface area contributed by atoms with Crippen molar-refractivity contribution >= 4 is 5.91 Å². The highest BCUT2D eigenvalue weighted by atomic mass is 16.5. The van der Waals surface area contributed by atoms with Crippen molar-refractivity contribution in [2.45, 2.75) is 32.6 Å². The molecule has 0 bridgehead atoms. The molecule has 0 atom stereocenters. The van der Waals surface area contributed by atoms with Gasteiger partial charge >= 0.3 is 0 Å². The summed E-state index contributed by atoms with van der Waals surface area (Å²) < 4.78 is 5.22. The molecule has 0 saturated carbocycles. The van der Waals surface area contributed by atoms with Crippen molar-refractivity contribution in [2.24, 2.45) is 0 Å². The molecule has 0 aromatic heterocycles. The fourth-order valence-corrected chi connectivity index (χ4v) is 1.89. The molecule has 1 fully saturated rings. The van der Waals surface area contributed by atoms with Crippen molar-refractivity contribution in [2.75, 3.05) is 39.4 Å². The van der Waals surface area contributed by atoms with Crippen LogP contribution < -0.4 is 5.32 Å². The monoisotopic (exact) mass is 228 g/mol. The first kappa shape index (κ1) is 13.5. The number of nitrogens with zero attached hydrogens (tertiary/aromatic N) is 1. The summed E-state index contributed by atoms with van der Waals surface area (Å²) in [5.41, 5.74) is 0. The molecule has 0 aliphatic carbocycles. The van der Waals surface area contributed by atoms with Gasteiger partial charge in [-0.3, -0.25) is 4.79 Å². The lowest BCUT2D eigenvalue weighted by Gasteiger charge is -2.26. The Bertz CT molecular complexity index is 191. The minimum Gasteiger partial charge on any atom is -0.382 e. The maximum absolute atomic E-state index is 11.7. The van der Waals surface area contributed by atoms with E-state index in [9.17, 15) is 4.79 Å². The number of nitrogens with one attached hydrogen (secondary N) is 1. The van der Waals surface area contributed by atoms with Crippen LogP contribution in [0.2, 0.25) is 0 Å². The Balaban J connectivity index is 1.97. The molecule has 1 N–H and O–H groups in total. The Labute approximate surface area is 98.3 Å². The summed E-state index contributed by atoms with van der Waals surface area (Å²) in [4.78, 5) is 13.7. The summed E-state index contributed by atoms with van der Waals surface area (Å²) in [6.45, 7) is 6.77. The quantitative estimate of drug-likeness (QED) is 0.661. The van der Waals surface area contributed by atoms with Crippen LogP contribution in [0.25, 0.3) is 0 Å². The topological polar surface area (TPSA) is 41.6 Å². The van der Waals surface area contributed by atoms with E-state index in [1.54, 1.807) is 0 Å². The van der Waals surface area contributed by atoms with Crippen molar-refractivity contribution in [1.82, 2.24) is 10.2 Å². The predicted octanol–water partition coefficient (Wildman–Crippen LogP) is 1.02. The van der Waals surface area contributed by atoms with E-state index in [1.807, 2.05) is 11.8 Å². The molecule has 16 heavy (non-hydrogen) atoms. The van der Waals surface area contributed by atoms with Gasteiger partial charge in [0.15, 0.2) is 0 Å². The van der Waals surface area contributed by atoms with Gasteiger partial charge in [0.25, 0.3) is 0 Å². The molecule has 94 valence electrons. The number of piperidine rings is 1. The average molecular weight is 228 g/mol. The van der Waals surface area contributed by atoms with Crippen LogP contribution in [0.4, 0.5) is 0 Å². The average Bonchev–Trinajstić information content (AvgIpc) is 2.34. The number of likely N-dealkylation sites (tertiary alicyclic amines) is 1. The van der Waals surface area contributed by atoms with Gasteiger partial charge in [0.2, 0.25) is 5.91 Å². The summed E-state index contributed by atoms with van der Waals surface area (Å²) >= 11 is 0. The van der Waals surface area contributed by atoms with Crippen LogP contribution in [-0.4, -0.2) is 50.2 Å². The van der Waals surface area contributed by atoms with Gasteiger partial charge in [-0.25, -0.2) is 0 Å². The van der Waals surface area contributed by atoms with E-state index in [1.165, 1.54) is 6.42 Å². The Morgan fingerprint density at radius 1 is 1.31 bits per heavy atom. The second-order valence-electron chi connectivity index (χ2n) is 4.17. The van der Waals surface area contributed by atoms with Crippen LogP contribution in [-0.2, 0) is 9.53 Å². The third-order valence-corrected chi connectivity index (χ3v) is 2.83. The molecule has 0 aromatic rings. The third-order valence-electron chi connectivity index (χ3n) is 2.83. The van der Waals surface area contributed by atoms with Gasteiger partial charge in [-0.15, -0.1) is 0 Å². The summed E-state index contributed by atoms with van der Waals surface area (Å²) in [7, 11) is 0. The summed E-state index contributed by atoms with van der Waals surface area (Å²) in [5.74, 6) is 0.246. The van der Waals surface area contributed by atoms with E-state index < -0.39 is 0 Å². The molecule has 1 aliphatic rings. The van der Waals surface area contributed by atoms with Gasteiger partial charge in [0.05, 0.1) is 6.54 Å². The molecule has 0 unspecified atom stereocenters. The molecular formula is C12H24N2O2. The van der Waals surface area contributed by atoms with Crippen molar-refractivity contribution in [3.05, 3.63) is 0 Å². The van der Waals surface area contributed by atoms with E-state index in [0.29, 0.717) is 6.54 Å². The SMILES string of the molecule is CCOCCCNCC(=O)N1CCCCC1. The highest BCUT2D eigenvalue weighted by Gasteiger charge is 2.15. The van der Waals surface area contributed by atoms with Crippen LogP contribution in [0.15, 0.2) is 0 Å². The maximum Gasteiger partial charge on any atom is 0.236 e. The molecule has 0 radical (unpaired) electrons. The van der Waals surface area contributed by atoms with Crippen LogP contribution in [0.3, 0.4) is 0 Å². The lowest BCUT2D eigenvalue weighted by molar-refractivity contribution is -0.131. The normalized spacial score (nSPS) is 16.4. The number of ether oxygens (including phenoxy) is 1. The molecule has 1 rings (SSSR count). The number of carbonyl (C=O) groups is 1. The number of rotatable bonds is 7. The third kappa shape index (κ3) is 5.47. The lowest BCUT2D eigenvalue weighted by Crippen LogP contribution is -2.41. The minimum atomic E-state index is 0.246. The maximum atomic E-state index is 11.7. The molecular weight excluding hydrogens is 204 g/mol. The molecule has 1 aliphatic heterocycles. The number of hydrogen-bond donors (Lipinski definition) is 1. The predicted molar refractivity (Wildman–Crippen MR) is 64.4 cm³/mol. The smallest absolute Gasteiger partial charge is 0.236 e. The van der Waals surface area contributed by atoms with Crippen molar-refractivity contribution < 1.29 is 9.53 Å². The van der Waals surface area contributed by atoms with Crippen molar-refractivity contribution in [1.29, 1.82) is 0 Å².